The van der Waals surface area contributed by atoms with E-state index in [4.69, 9.17) is 14.4 Å². The molecule has 0 bridgehead atoms. The summed E-state index contributed by atoms with van der Waals surface area (Å²) in [7, 11) is -0.256. The average molecular weight is 281 g/mol. The lowest BCUT2D eigenvalue weighted by Gasteiger charge is -2.32. The highest BCUT2D eigenvalue weighted by atomic mass is 16.7. The Bertz CT molecular complexity index is 403. The summed E-state index contributed by atoms with van der Waals surface area (Å²) >= 11 is 0. The maximum Gasteiger partial charge on any atom is 0.490 e. The Labute approximate surface area is 120 Å². The first-order chi connectivity index (χ1) is 9.21. The minimum Gasteiger partial charge on any atom is -0.465 e. The summed E-state index contributed by atoms with van der Waals surface area (Å²) in [5.74, 6) is 0.372. The molecule has 0 spiro atoms. The molecule has 1 aliphatic heterocycles. The normalized spacial score (nSPS) is 28.1. The van der Waals surface area contributed by atoms with Crippen LogP contribution in [0.1, 0.15) is 47.0 Å². The van der Waals surface area contributed by atoms with Crippen LogP contribution >= 0.6 is 0 Å². The van der Waals surface area contributed by atoms with Crippen molar-refractivity contribution < 1.29 is 19.2 Å². The number of allylic oxidation sites excluding steroid dienone is 2. The standard InChI is InChI=1S/C14H24BNO4/c1-13(2)14(3,4)20-15(19-13)11-7-5-10(6-8-11)9-16-12(17)18/h7,10,16H,5-6,8-9H2,1-4H3,(H,17,18). The van der Waals surface area contributed by atoms with Crippen molar-refractivity contribution in [1.29, 1.82) is 0 Å². The molecule has 0 aromatic rings. The molecular formula is C14H24BNO4. The summed E-state index contributed by atoms with van der Waals surface area (Å²) in [6.45, 7) is 8.72. The summed E-state index contributed by atoms with van der Waals surface area (Å²) in [5, 5.41) is 11.1. The molecule has 1 atom stereocenters. The van der Waals surface area contributed by atoms with Crippen LogP contribution in [-0.2, 0) is 9.31 Å². The molecule has 0 aromatic carbocycles. The number of carboxylic acid groups (broad SMARTS) is 1. The number of hydrogen-bond acceptors (Lipinski definition) is 3. The summed E-state index contributed by atoms with van der Waals surface area (Å²) in [5.41, 5.74) is 0.579. The van der Waals surface area contributed by atoms with Gasteiger partial charge >= 0.3 is 13.2 Å². The van der Waals surface area contributed by atoms with Crippen molar-refractivity contribution in [3.8, 4) is 0 Å². The number of rotatable bonds is 3. The fraction of sp³-hybridized carbons (Fsp3) is 0.786. The molecule has 1 unspecified atom stereocenters. The molecule has 1 amide bonds. The molecule has 112 valence electrons. The van der Waals surface area contributed by atoms with Gasteiger partial charge in [-0.3, -0.25) is 0 Å². The van der Waals surface area contributed by atoms with Crippen molar-refractivity contribution in [1.82, 2.24) is 5.32 Å². The molecule has 0 saturated carbocycles. The third-order valence-electron chi connectivity index (χ3n) is 4.65. The zero-order valence-electron chi connectivity index (χ0n) is 12.7. The molecule has 1 fully saturated rings. The average Bonchev–Trinajstić information content (AvgIpc) is 2.56. The van der Waals surface area contributed by atoms with Crippen LogP contribution < -0.4 is 5.32 Å². The van der Waals surface area contributed by atoms with Gasteiger partial charge < -0.3 is 19.7 Å². The number of carbonyl (C=O) groups is 1. The number of hydrogen-bond donors (Lipinski definition) is 2. The lowest BCUT2D eigenvalue weighted by atomic mass is 9.70. The van der Waals surface area contributed by atoms with Gasteiger partial charge in [0.1, 0.15) is 0 Å². The molecule has 0 radical (unpaired) electrons. The van der Waals surface area contributed by atoms with Gasteiger partial charge in [-0.15, -0.1) is 0 Å². The van der Waals surface area contributed by atoms with Gasteiger partial charge in [0, 0.05) is 6.54 Å². The summed E-state index contributed by atoms with van der Waals surface area (Å²) in [4.78, 5) is 10.5. The number of amides is 1. The fourth-order valence-electron chi connectivity index (χ4n) is 2.53. The second kappa shape index (κ2) is 5.41. The van der Waals surface area contributed by atoms with Crippen molar-refractivity contribution in [3.63, 3.8) is 0 Å². The Morgan fingerprint density at radius 3 is 2.45 bits per heavy atom. The molecule has 2 N–H and O–H groups in total. The molecule has 5 nitrogen and oxygen atoms in total. The third kappa shape index (κ3) is 3.18. The van der Waals surface area contributed by atoms with E-state index in [2.05, 4.69) is 39.1 Å². The van der Waals surface area contributed by atoms with Gasteiger partial charge in [0.25, 0.3) is 0 Å². The number of nitrogens with one attached hydrogen (secondary N) is 1. The highest BCUT2D eigenvalue weighted by molar-refractivity contribution is 6.54. The summed E-state index contributed by atoms with van der Waals surface area (Å²) < 4.78 is 12.1. The van der Waals surface area contributed by atoms with E-state index in [1.54, 1.807) is 0 Å². The first-order valence-corrected chi connectivity index (χ1v) is 7.22. The van der Waals surface area contributed by atoms with Gasteiger partial charge in [-0.1, -0.05) is 6.08 Å². The van der Waals surface area contributed by atoms with E-state index in [1.165, 1.54) is 5.47 Å². The van der Waals surface area contributed by atoms with Crippen LogP contribution in [0.3, 0.4) is 0 Å². The van der Waals surface area contributed by atoms with E-state index in [-0.39, 0.29) is 18.3 Å². The van der Waals surface area contributed by atoms with Crippen LogP contribution in [-0.4, -0.2) is 36.1 Å². The maximum atomic E-state index is 10.5. The van der Waals surface area contributed by atoms with Gasteiger partial charge in [-0.05, 0) is 58.3 Å². The van der Waals surface area contributed by atoms with Crippen molar-refractivity contribution >= 4 is 13.2 Å². The zero-order chi connectivity index (χ0) is 15.0. The van der Waals surface area contributed by atoms with Crippen LogP contribution in [0.5, 0.6) is 0 Å². The predicted octanol–water partition coefficient (Wildman–Crippen LogP) is 2.61. The van der Waals surface area contributed by atoms with E-state index in [1.807, 2.05) is 0 Å². The Morgan fingerprint density at radius 2 is 2.00 bits per heavy atom. The van der Waals surface area contributed by atoms with E-state index < -0.39 is 6.09 Å². The van der Waals surface area contributed by atoms with Gasteiger partial charge in [0.15, 0.2) is 0 Å². The van der Waals surface area contributed by atoms with E-state index >= 15 is 0 Å². The minimum atomic E-state index is -0.953. The third-order valence-corrected chi connectivity index (χ3v) is 4.65. The lowest BCUT2D eigenvalue weighted by Crippen LogP contribution is -2.41. The van der Waals surface area contributed by atoms with E-state index in [9.17, 15) is 4.79 Å². The highest BCUT2D eigenvalue weighted by Gasteiger charge is 2.52. The topological polar surface area (TPSA) is 67.8 Å². The first-order valence-electron chi connectivity index (χ1n) is 7.22. The van der Waals surface area contributed by atoms with Gasteiger partial charge in [0.2, 0.25) is 0 Å². The van der Waals surface area contributed by atoms with Gasteiger partial charge in [-0.2, -0.15) is 0 Å². The van der Waals surface area contributed by atoms with Gasteiger partial charge in [0.05, 0.1) is 11.2 Å². The monoisotopic (exact) mass is 281 g/mol. The Morgan fingerprint density at radius 1 is 1.40 bits per heavy atom. The maximum absolute atomic E-state index is 10.5. The van der Waals surface area contributed by atoms with Crippen molar-refractivity contribution in [2.75, 3.05) is 6.54 Å². The quantitative estimate of drug-likeness (QED) is 0.780. The van der Waals surface area contributed by atoms with Gasteiger partial charge in [-0.25, -0.2) is 4.79 Å². The zero-order valence-corrected chi connectivity index (χ0v) is 12.7. The highest BCUT2D eigenvalue weighted by Crippen LogP contribution is 2.40. The van der Waals surface area contributed by atoms with Crippen LogP contribution in [0.25, 0.3) is 0 Å². The first kappa shape index (κ1) is 15.4. The summed E-state index contributed by atoms with van der Waals surface area (Å²) in [6.07, 6.45) is 3.95. The second-order valence-electron chi connectivity index (χ2n) is 6.69. The van der Waals surface area contributed by atoms with Crippen molar-refractivity contribution in [3.05, 3.63) is 11.5 Å². The Balaban J connectivity index is 1.92. The van der Waals surface area contributed by atoms with Crippen LogP contribution in [0, 0.1) is 5.92 Å². The molecule has 1 heterocycles. The molecule has 1 saturated heterocycles. The molecular weight excluding hydrogens is 257 g/mol. The summed E-state index contributed by atoms with van der Waals surface area (Å²) in [6, 6.07) is 0. The molecule has 2 aliphatic rings. The minimum absolute atomic E-state index is 0.256. The smallest absolute Gasteiger partial charge is 0.465 e. The Kier molecular flexibility index (Phi) is 4.16. The van der Waals surface area contributed by atoms with Crippen molar-refractivity contribution in [2.45, 2.75) is 58.2 Å². The van der Waals surface area contributed by atoms with E-state index in [0.717, 1.165) is 19.3 Å². The van der Waals surface area contributed by atoms with Crippen molar-refractivity contribution in [2.24, 2.45) is 5.92 Å². The largest absolute Gasteiger partial charge is 0.490 e. The molecule has 20 heavy (non-hydrogen) atoms. The van der Waals surface area contributed by atoms with Crippen LogP contribution in [0.15, 0.2) is 11.5 Å². The van der Waals surface area contributed by atoms with Crippen LogP contribution in [0.4, 0.5) is 4.79 Å². The van der Waals surface area contributed by atoms with E-state index in [0.29, 0.717) is 12.5 Å². The molecule has 0 aromatic heterocycles. The second-order valence-corrected chi connectivity index (χ2v) is 6.69. The van der Waals surface area contributed by atoms with Crippen LogP contribution in [0.2, 0.25) is 0 Å². The SMILES string of the molecule is CC1(C)OB(C2=CCC(CNC(=O)O)CC2)OC1(C)C. The molecule has 2 rings (SSSR count). The lowest BCUT2D eigenvalue weighted by molar-refractivity contribution is 0.00578. The molecule has 1 aliphatic carbocycles. The molecule has 6 heteroatoms. The Hall–Kier alpha value is -1.01. The fourth-order valence-corrected chi connectivity index (χ4v) is 2.53. The predicted molar refractivity (Wildman–Crippen MR) is 77.5 cm³/mol.